The number of nitrogens with zero attached hydrogens (tertiary/aromatic N) is 6. The number of methoxy groups -OCH3 is 3. The number of hydrogen-bond acceptors (Lipinski definition) is 10. The number of ether oxygens (including phenoxy) is 3. The molecule has 13 nitrogen and oxygen atoms in total. The van der Waals surface area contributed by atoms with E-state index in [1.165, 1.54) is 20.4 Å². The number of nitrogens with one attached hydrogen (secondary N) is 2. The minimum atomic E-state index is -0.766. The Morgan fingerprint density at radius 1 is 1.14 bits per heavy atom. The number of hydrogen-bond donors (Lipinski definition) is 2. The highest BCUT2D eigenvalue weighted by molar-refractivity contribution is 6.01. The molecular weight excluding hydrogens is 564 g/mol. The maximum absolute atomic E-state index is 13.7. The Labute approximate surface area is 258 Å². The van der Waals surface area contributed by atoms with Gasteiger partial charge < -0.3 is 24.4 Å². The van der Waals surface area contributed by atoms with Gasteiger partial charge in [0.25, 0.3) is 0 Å². The number of anilines is 3. The summed E-state index contributed by atoms with van der Waals surface area (Å²) in [5.41, 5.74) is 3.35. The van der Waals surface area contributed by atoms with E-state index in [0.717, 1.165) is 56.2 Å². The third-order valence-electron chi connectivity index (χ3n) is 8.67. The number of likely N-dealkylation sites (N-methyl/N-ethyl adjacent to an activating group) is 1. The monoisotopic (exact) mass is 606 g/mol. The number of urea groups is 1. The van der Waals surface area contributed by atoms with Crippen LogP contribution in [0.2, 0.25) is 0 Å². The average Bonchev–Trinajstić information content (AvgIpc) is 3.03. The van der Waals surface area contributed by atoms with Crippen molar-refractivity contribution < 1.29 is 23.8 Å². The second kappa shape index (κ2) is 14.3. The van der Waals surface area contributed by atoms with Crippen LogP contribution in [0.25, 0.3) is 0 Å². The van der Waals surface area contributed by atoms with E-state index in [9.17, 15) is 14.9 Å². The van der Waals surface area contributed by atoms with Crippen molar-refractivity contribution in [3.8, 4) is 6.07 Å². The standard InChI is InChI=1S/C31H42N8O5/c1-37-12-13-38(27(40)19-37)18-21-14-20-6-5-11-39(29(20)36-28(21)30(43-3)44-4)31(41)35-26-15-25(22(16-32)17-33-26)34-23-7-9-24(42-2)10-8-23/h14-15,17,23-24,30H,5-13,18-19H2,1-4H3,(H2,33,34,35,41)/t23-,24+. The molecule has 2 fully saturated rings. The lowest BCUT2D eigenvalue weighted by molar-refractivity contribution is -0.136. The van der Waals surface area contributed by atoms with Gasteiger partial charge in [-0.15, -0.1) is 0 Å². The van der Waals surface area contributed by atoms with Crippen molar-refractivity contribution in [1.29, 1.82) is 5.26 Å². The largest absolute Gasteiger partial charge is 0.381 e. The summed E-state index contributed by atoms with van der Waals surface area (Å²) >= 11 is 0. The summed E-state index contributed by atoms with van der Waals surface area (Å²) in [6, 6.07) is 5.77. The minimum Gasteiger partial charge on any atom is -0.381 e. The Kier molecular flexibility index (Phi) is 10.3. The van der Waals surface area contributed by atoms with Gasteiger partial charge in [-0.3, -0.25) is 19.9 Å². The fourth-order valence-electron chi connectivity index (χ4n) is 6.18. The Bertz CT molecular complexity index is 1390. The number of rotatable bonds is 9. The van der Waals surface area contributed by atoms with Crippen molar-refractivity contribution in [3.05, 3.63) is 40.7 Å². The molecule has 0 atom stereocenters. The fourth-order valence-corrected chi connectivity index (χ4v) is 6.18. The van der Waals surface area contributed by atoms with E-state index in [1.807, 2.05) is 22.9 Å². The number of aromatic nitrogens is 2. The number of aryl methyl sites for hydroxylation is 1. The number of amides is 3. The van der Waals surface area contributed by atoms with Crippen molar-refractivity contribution in [2.45, 2.75) is 63.5 Å². The van der Waals surface area contributed by atoms with E-state index in [1.54, 1.807) is 18.1 Å². The van der Waals surface area contributed by atoms with Crippen LogP contribution in [0.4, 0.5) is 22.1 Å². The van der Waals surface area contributed by atoms with E-state index in [0.29, 0.717) is 54.8 Å². The quantitative estimate of drug-likeness (QED) is 0.408. The lowest BCUT2D eigenvalue weighted by Crippen LogP contribution is -2.48. The van der Waals surface area contributed by atoms with Crippen molar-refractivity contribution in [2.75, 3.05) is 70.1 Å². The summed E-state index contributed by atoms with van der Waals surface area (Å²) in [4.78, 5) is 41.1. The van der Waals surface area contributed by atoms with Crippen molar-refractivity contribution in [2.24, 2.45) is 0 Å². The molecule has 0 unspecified atom stereocenters. The zero-order chi connectivity index (χ0) is 31.2. The normalized spacial score (nSPS) is 20.8. The molecule has 13 heteroatoms. The molecule has 2 aromatic rings. The Hall–Kier alpha value is -3.83. The zero-order valence-corrected chi connectivity index (χ0v) is 26.0. The van der Waals surface area contributed by atoms with Crippen LogP contribution in [-0.2, 0) is 32.0 Å². The van der Waals surface area contributed by atoms with Crippen LogP contribution in [0.1, 0.15) is 60.8 Å². The van der Waals surface area contributed by atoms with Gasteiger partial charge in [-0.05, 0) is 62.8 Å². The first-order valence-electron chi connectivity index (χ1n) is 15.2. The number of carbonyl (C=O) groups is 2. The molecule has 2 aromatic heterocycles. The van der Waals surface area contributed by atoms with E-state index in [4.69, 9.17) is 19.2 Å². The van der Waals surface area contributed by atoms with Crippen LogP contribution in [0.3, 0.4) is 0 Å². The summed E-state index contributed by atoms with van der Waals surface area (Å²) in [6.45, 7) is 2.64. The maximum Gasteiger partial charge on any atom is 0.328 e. The molecule has 4 heterocycles. The molecule has 1 saturated carbocycles. The molecule has 1 aliphatic carbocycles. The van der Waals surface area contributed by atoms with Gasteiger partial charge in [0.05, 0.1) is 23.9 Å². The second-order valence-electron chi connectivity index (χ2n) is 11.6. The van der Waals surface area contributed by atoms with Gasteiger partial charge in [0, 0.05) is 65.8 Å². The van der Waals surface area contributed by atoms with Gasteiger partial charge in [0.15, 0.2) is 0 Å². The van der Waals surface area contributed by atoms with Gasteiger partial charge >= 0.3 is 6.03 Å². The fraction of sp³-hybridized carbons (Fsp3) is 0.581. The predicted octanol–water partition coefficient (Wildman–Crippen LogP) is 3.27. The molecule has 2 N–H and O–H groups in total. The summed E-state index contributed by atoms with van der Waals surface area (Å²) in [7, 11) is 6.75. The highest BCUT2D eigenvalue weighted by Gasteiger charge is 2.30. The smallest absolute Gasteiger partial charge is 0.328 e. The number of piperazine rings is 1. The highest BCUT2D eigenvalue weighted by atomic mass is 16.7. The van der Waals surface area contributed by atoms with Crippen molar-refractivity contribution in [1.82, 2.24) is 19.8 Å². The van der Waals surface area contributed by atoms with E-state index >= 15 is 0 Å². The van der Waals surface area contributed by atoms with Crippen LogP contribution in [0, 0.1) is 11.3 Å². The molecule has 2 aliphatic heterocycles. The first kappa shape index (κ1) is 31.6. The summed E-state index contributed by atoms with van der Waals surface area (Å²) < 4.78 is 16.7. The van der Waals surface area contributed by atoms with Gasteiger partial charge in [0.2, 0.25) is 12.2 Å². The van der Waals surface area contributed by atoms with Crippen LogP contribution in [-0.4, -0.2) is 98.4 Å². The number of carbonyl (C=O) groups excluding carboxylic acids is 2. The first-order valence-corrected chi connectivity index (χ1v) is 15.2. The summed E-state index contributed by atoms with van der Waals surface area (Å²) in [5.74, 6) is 0.922. The van der Waals surface area contributed by atoms with Gasteiger partial charge in [-0.2, -0.15) is 5.26 Å². The van der Waals surface area contributed by atoms with Gasteiger partial charge in [-0.1, -0.05) is 0 Å². The number of pyridine rings is 2. The highest BCUT2D eigenvalue weighted by Crippen LogP contribution is 2.33. The molecule has 0 radical (unpaired) electrons. The second-order valence-corrected chi connectivity index (χ2v) is 11.6. The molecule has 0 aromatic carbocycles. The molecular formula is C31H42N8O5. The molecule has 0 spiro atoms. The van der Waals surface area contributed by atoms with E-state index in [2.05, 4.69) is 21.7 Å². The number of fused-ring (bicyclic) bond motifs is 1. The average molecular weight is 607 g/mol. The van der Waals surface area contributed by atoms with Crippen molar-refractivity contribution >= 4 is 29.3 Å². The van der Waals surface area contributed by atoms with E-state index in [-0.39, 0.29) is 24.1 Å². The van der Waals surface area contributed by atoms with E-state index < -0.39 is 6.29 Å². The molecule has 5 rings (SSSR count). The topological polar surface area (TPSA) is 145 Å². The molecule has 1 saturated heterocycles. The Balaban J connectivity index is 1.36. The molecule has 3 amide bonds. The molecule has 3 aliphatic rings. The molecule has 236 valence electrons. The lowest BCUT2D eigenvalue weighted by Gasteiger charge is -2.34. The van der Waals surface area contributed by atoms with Crippen molar-refractivity contribution in [3.63, 3.8) is 0 Å². The maximum atomic E-state index is 13.7. The lowest BCUT2D eigenvalue weighted by atomic mass is 9.92. The van der Waals surface area contributed by atoms with Crippen LogP contribution in [0.5, 0.6) is 0 Å². The number of nitriles is 1. The van der Waals surface area contributed by atoms with Gasteiger partial charge in [0.1, 0.15) is 23.4 Å². The molecule has 44 heavy (non-hydrogen) atoms. The Morgan fingerprint density at radius 3 is 2.59 bits per heavy atom. The Morgan fingerprint density at radius 2 is 1.91 bits per heavy atom. The van der Waals surface area contributed by atoms with Gasteiger partial charge in [-0.25, -0.2) is 14.8 Å². The van der Waals surface area contributed by atoms with Crippen LogP contribution < -0.4 is 15.5 Å². The molecule has 0 bridgehead atoms. The third-order valence-corrected chi connectivity index (χ3v) is 8.67. The van der Waals surface area contributed by atoms with Crippen LogP contribution in [0.15, 0.2) is 18.3 Å². The third kappa shape index (κ3) is 7.10. The zero-order valence-electron chi connectivity index (χ0n) is 26.0. The summed E-state index contributed by atoms with van der Waals surface area (Å²) in [6.07, 6.45) is 6.25. The minimum absolute atomic E-state index is 0.0567. The summed E-state index contributed by atoms with van der Waals surface area (Å²) in [5, 5.41) is 16.1. The van der Waals surface area contributed by atoms with Crippen LogP contribution >= 0.6 is 0 Å². The first-order chi connectivity index (χ1) is 21.3. The SMILES string of the molecule is COC(OC)c1nc2c(cc1CN1CCN(C)CC1=O)CCCN2C(=O)Nc1cc(N[C@H]2CC[C@@H](OC)CC2)c(C#N)cn1. The predicted molar refractivity (Wildman–Crippen MR) is 164 cm³/mol.